The predicted molar refractivity (Wildman–Crippen MR) is 65.4 cm³/mol. The van der Waals surface area contributed by atoms with Crippen molar-refractivity contribution in [1.82, 2.24) is 9.80 Å². The molecule has 1 atom stereocenters. The van der Waals surface area contributed by atoms with E-state index in [4.69, 9.17) is 0 Å². The predicted octanol–water partition coefficient (Wildman–Crippen LogP) is 1.26. The highest BCUT2D eigenvalue weighted by Gasteiger charge is 2.29. The van der Waals surface area contributed by atoms with E-state index in [2.05, 4.69) is 0 Å². The average Bonchev–Trinajstić information content (AvgIpc) is 2.51. The van der Waals surface area contributed by atoms with Gasteiger partial charge in [0.1, 0.15) is 0 Å². The molecule has 2 aliphatic rings. The van der Waals surface area contributed by atoms with Gasteiger partial charge >= 0.3 is 0 Å². The number of piperidine rings is 1. The van der Waals surface area contributed by atoms with E-state index in [9.17, 15) is 9.59 Å². The maximum atomic E-state index is 12.0. The highest BCUT2D eigenvalue weighted by atomic mass is 16.2. The molecule has 2 heterocycles. The van der Waals surface area contributed by atoms with Crippen LogP contribution in [-0.4, -0.2) is 48.3 Å². The van der Waals surface area contributed by atoms with Gasteiger partial charge in [-0.3, -0.25) is 9.59 Å². The van der Waals surface area contributed by atoms with Crippen molar-refractivity contribution in [3.05, 3.63) is 0 Å². The zero-order valence-electron chi connectivity index (χ0n) is 10.7. The Hall–Kier alpha value is -1.06. The number of carbonyl (C=O) groups excluding carboxylic acids is 2. The van der Waals surface area contributed by atoms with E-state index in [1.165, 1.54) is 0 Å². The molecule has 0 aliphatic carbocycles. The lowest BCUT2D eigenvalue weighted by molar-refractivity contribution is -0.139. The van der Waals surface area contributed by atoms with Gasteiger partial charge in [0, 0.05) is 33.1 Å². The van der Waals surface area contributed by atoms with Gasteiger partial charge in [0.05, 0.1) is 5.92 Å². The Bertz CT molecular complexity index is 304. The summed E-state index contributed by atoms with van der Waals surface area (Å²) in [5, 5.41) is 0. The van der Waals surface area contributed by atoms with E-state index in [1.54, 1.807) is 4.90 Å². The Morgan fingerprint density at radius 2 is 1.94 bits per heavy atom. The van der Waals surface area contributed by atoms with Gasteiger partial charge in [-0.15, -0.1) is 0 Å². The van der Waals surface area contributed by atoms with Crippen LogP contribution in [0.1, 0.15) is 38.5 Å². The van der Waals surface area contributed by atoms with Crippen LogP contribution in [0.4, 0.5) is 0 Å². The summed E-state index contributed by atoms with van der Waals surface area (Å²) in [6.45, 7) is 2.34. The van der Waals surface area contributed by atoms with Gasteiger partial charge in [-0.25, -0.2) is 0 Å². The molecule has 0 N–H and O–H groups in total. The molecule has 0 bridgehead atoms. The minimum Gasteiger partial charge on any atom is -0.345 e. The first-order valence-corrected chi connectivity index (χ1v) is 6.71. The van der Waals surface area contributed by atoms with Crippen LogP contribution in [-0.2, 0) is 9.59 Å². The third kappa shape index (κ3) is 2.99. The van der Waals surface area contributed by atoms with Gasteiger partial charge in [0.25, 0.3) is 0 Å². The van der Waals surface area contributed by atoms with Crippen molar-refractivity contribution >= 4 is 11.8 Å². The molecule has 0 spiro atoms. The third-order valence-corrected chi connectivity index (χ3v) is 3.88. The molecule has 2 aliphatic heterocycles. The smallest absolute Gasteiger partial charge is 0.227 e. The Kier molecular flexibility index (Phi) is 4.02. The molecule has 2 amide bonds. The van der Waals surface area contributed by atoms with Gasteiger partial charge in [-0.1, -0.05) is 6.42 Å². The van der Waals surface area contributed by atoms with E-state index in [1.807, 2.05) is 11.9 Å². The van der Waals surface area contributed by atoms with Crippen molar-refractivity contribution < 1.29 is 9.59 Å². The Morgan fingerprint density at radius 1 is 1.12 bits per heavy atom. The van der Waals surface area contributed by atoms with Gasteiger partial charge in [0.15, 0.2) is 0 Å². The lowest BCUT2D eigenvalue weighted by Gasteiger charge is -2.32. The molecule has 0 saturated carbocycles. The second-order valence-electron chi connectivity index (χ2n) is 5.25. The summed E-state index contributed by atoms with van der Waals surface area (Å²) in [6.07, 6.45) is 5.90. The lowest BCUT2D eigenvalue weighted by Crippen LogP contribution is -2.45. The summed E-state index contributed by atoms with van der Waals surface area (Å²) in [6, 6.07) is 0. The molecule has 0 aromatic carbocycles. The zero-order chi connectivity index (χ0) is 12.3. The van der Waals surface area contributed by atoms with Crippen LogP contribution < -0.4 is 0 Å². The van der Waals surface area contributed by atoms with Crippen molar-refractivity contribution in [1.29, 1.82) is 0 Å². The SMILES string of the molecule is CN1CCCC(CN2CCCCCC2=O)C1=O. The summed E-state index contributed by atoms with van der Waals surface area (Å²) in [5.41, 5.74) is 0. The summed E-state index contributed by atoms with van der Waals surface area (Å²) < 4.78 is 0. The van der Waals surface area contributed by atoms with Crippen molar-refractivity contribution in [3.8, 4) is 0 Å². The topological polar surface area (TPSA) is 40.6 Å². The molecule has 17 heavy (non-hydrogen) atoms. The number of likely N-dealkylation sites (tertiary alicyclic amines) is 2. The highest BCUT2D eigenvalue weighted by molar-refractivity contribution is 5.81. The first-order chi connectivity index (χ1) is 8.18. The van der Waals surface area contributed by atoms with Crippen LogP contribution in [0.2, 0.25) is 0 Å². The lowest BCUT2D eigenvalue weighted by atomic mass is 9.96. The largest absolute Gasteiger partial charge is 0.345 e. The molecule has 0 radical (unpaired) electrons. The average molecular weight is 238 g/mol. The summed E-state index contributed by atoms with van der Waals surface area (Å²) in [4.78, 5) is 27.6. The number of carbonyl (C=O) groups is 2. The highest BCUT2D eigenvalue weighted by Crippen LogP contribution is 2.20. The molecule has 4 heteroatoms. The number of hydrogen-bond donors (Lipinski definition) is 0. The Labute approximate surface area is 103 Å². The molecule has 4 nitrogen and oxygen atoms in total. The minimum absolute atomic E-state index is 0.0378. The second-order valence-corrected chi connectivity index (χ2v) is 5.25. The van der Waals surface area contributed by atoms with Crippen LogP contribution in [0.25, 0.3) is 0 Å². The van der Waals surface area contributed by atoms with E-state index >= 15 is 0 Å². The van der Waals surface area contributed by atoms with Gasteiger partial charge < -0.3 is 9.80 Å². The molecule has 96 valence electrons. The molecule has 1 unspecified atom stereocenters. The fraction of sp³-hybridized carbons (Fsp3) is 0.846. The van der Waals surface area contributed by atoms with Crippen molar-refractivity contribution in [3.63, 3.8) is 0 Å². The fourth-order valence-corrected chi connectivity index (χ4v) is 2.79. The van der Waals surface area contributed by atoms with Crippen LogP contribution in [0.3, 0.4) is 0 Å². The minimum atomic E-state index is 0.0378. The second kappa shape index (κ2) is 5.52. The molecule has 2 rings (SSSR count). The first kappa shape index (κ1) is 12.4. The summed E-state index contributed by atoms with van der Waals surface area (Å²) in [5.74, 6) is 0.493. The number of hydrogen-bond acceptors (Lipinski definition) is 2. The van der Waals surface area contributed by atoms with Gasteiger partial charge in [-0.2, -0.15) is 0 Å². The van der Waals surface area contributed by atoms with Gasteiger partial charge in [-0.05, 0) is 25.7 Å². The van der Waals surface area contributed by atoms with Crippen LogP contribution >= 0.6 is 0 Å². The van der Waals surface area contributed by atoms with Crippen LogP contribution in [0.5, 0.6) is 0 Å². The Balaban J connectivity index is 1.94. The van der Waals surface area contributed by atoms with Crippen molar-refractivity contribution in [2.75, 3.05) is 26.7 Å². The van der Waals surface area contributed by atoms with Crippen LogP contribution in [0.15, 0.2) is 0 Å². The maximum Gasteiger partial charge on any atom is 0.227 e. The zero-order valence-corrected chi connectivity index (χ0v) is 10.7. The van der Waals surface area contributed by atoms with E-state index < -0.39 is 0 Å². The van der Waals surface area contributed by atoms with E-state index in [0.29, 0.717) is 13.0 Å². The standard InChI is InChI=1S/C13H22N2O2/c1-14-8-5-6-11(13(14)17)10-15-9-4-2-3-7-12(15)16/h11H,2-10H2,1H3. The monoisotopic (exact) mass is 238 g/mol. The molecule has 2 fully saturated rings. The van der Waals surface area contributed by atoms with E-state index in [0.717, 1.165) is 45.2 Å². The Morgan fingerprint density at radius 3 is 2.76 bits per heavy atom. The van der Waals surface area contributed by atoms with Gasteiger partial charge in [0.2, 0.25) is 11.8 Å². The van der Waals surface area contributed by atoms with Crippen molar-refractivity contribution in [2.45, 2.75) is 38.5 Å². The van der Waals surface area contributed by atoms with E-state index in [-0.39, 0.29) is 17.7 Å². The molecule has 2 saturated heterocycles. The summed E-state index contributed by atoms with van der Waals surface area (Å²) >= 11 is 0. The number of nitrogens with zero attached hydrogens (tertiary/aromatic N) is 2. The maximum absolute atomic E-state index is 12.0. The fourth-order valence-electron chi connectivity index (χ4n) is 2.79. The molecular weight excluding hydrogens is 216 g/mol. The number of rotatable bonds is 2. The van der Waals surface area contributed by atoms with Crippen LogP contribution in [0, 0.1) is 5.92 Å². The summed E-state index contributed by atoms with van der Waals surface area (Å²) in [7, 11) is 1.86. The normalized spacial score (nSPS) is 27.2. The quantitative estimate of drug-likeness (QED) is 0.726. The first-order valence-electron chi connectivity index (χ1n) is 6.71. The molecule has 0 aromatic heterocycles. The third-order valence-electron chi connectivity index (χ3n) is 3.88. The molecular formula is C13H22N2O2. The number of amides is 2. The van der Waals surface area contributed by atoms with Crippen molar-refractivity contribution in [2.24, 2.45) is 5.92 Å². The molecule has 0 aromatic rings.